The number of carbonyl (C=O) groups is 2. The van der Waals surface area contributed by atoms with E-state index in [1.54, 1.807) is 18.2 Å². The number of hydrogen-bond donors (Lipinski definition) is 1. The molecule has 230 valence electrons. The number of rotatable bonds is 11. The molecule has 0 unspecified atom stereocenters. The Morgan fingerprint density at radius 1 is 0.884 bits per heavy atom. The maximum atomic E-state index is 14.3. The average Bonchev–Trinajstić information content (AvgIpc) is 3.45. The van der Waals surface area contributed by atoms with Crippen molar-refractivity contribution in [2.45, 2.75) is 50.7 Å². The van der Waals surface area contributed by atoms with Crippen molar-refractivity contribution in [1.82, 2.24) is 10.2 Å². The van der Waals surface area contributed by atoms with Gasteiger partial charge in [-0.15, -0.1) is 0 Å². The molecule has 0 spiro atoms. The summed E-state index contributed by atoms with van der Waals surface area (Å²) in [6, 6.07) is 15.7. The predicted molar refractivity (Wildman–Crippen MR) is 175 cm³/mol. The molecule has 7 nitrogen and oxygen atoms in total. The molecule has 4 rings (SSSR count). The zero-order valence-electron chi connectivity index (χ0n) is 23.2. The lowest BCUT2D eigenvalue weighted by Crippen LogP contribution is -2.54. The minimum absolute atomic E-state index is 0.00983. The second-order valence-electron chi connectivity index (χ2n) is 10.4. The molecule has 1 saturated carbocycles. The molecule has 0 heterocycles. The third-order valence-electron chi connectivity index (χ3n) is 7.27. The molecule has 1 fully saturated rings. The smallest absolute Gasteiger partial charge is 0.244 e. The highest BCUT2D eigenvalue weighted by atomic mass is 35.5. The van der Waals surface area contributed by atoms with Gasteiger partial charge < -0.3 is 10.2 Å². The Morgan fingerprint density at radius 3 is 2.16 bits per heavy atom. The number of amides is 2. The minimum Gasteiger partial charge on any atom is -0.352 e. The molecule has 0 saturated heterocycles. The Morgan fingerprint density at radius 2 is 1.53 bits per heavy atom. The predicted octanol–water partition coefficient (Wildman–Crippen LogP) is 7.42. The van der Waals surface area contributed by atoms with E-state index in [0.717, 1.165) is 41.8 Å². The minimum atomic E-state index is -4.05. The number of anilines is 1. The highest BCUT2D eigenvalue weighted by Crippen LogP contribution is 2.36. The van der Waals surface area contributed by atoms with E-state index in [1.165, 1.54) is 17.0 Å². The van der Waals surface area contributed by atoms with Crippen LogP contribution in [0.4, 0.5) is 5.69 Å². The van der Waals surface area contributed by atoms with Gasteiger partial charge in [-0.1, -0.05) is 107 Å². The molecule has 1 aliphatic carbocycles. The van der Waals surface area contributed by atoms with Gasteiger partial charge in [0, 0.05) is 29.1 Å². The van der Waals surface area contributed by atoms with Gasteiger partial charge in [0.25, 0.3) is 0 Å². The van der Waals surface area contributed by atoms with Crippen LogP contribution in [0, 0.1) is 0 Å². The summed E-state index contributed by atoms with van der Waals surface area (Å²) in [5.41, 5.74) is 1.33. The fourth-order valence-corrected chi connectivity index (χ4v) is 7.07. The molecular weight excluding hydrogens is 676 g/mol. The van der Waals surface area contributed by atoms with Crippen LogP contribution in [0.3, 0.4) is 0 Å². The number of sulfonamides is 1. The van der Waals surface area contributed by atoms with Gasteiger partial charge in [0.1, 0.15) is 12.6 Å². The lowest BCUT2D eigenvalue weighted by molar-refractivity contribution is -0.140. The van der Waals surface area contributed by atoms with Gasteiger partial charge in [0.15, 0.2) is 0 Å². The Bertz CT molecular complexity index is 1580. The van der Waals surface area contributed by atoms with Crippen molar-refractivity contribution in [3.63, 3.8) is 0 Å². The number of halogens is 5. The van der Waals surface area contributed by atoms with E-state index < -0.39 is 28.5 Å². The molecule has 3 aromatic carbocycles. The van der Waals surface area contributed by atoms with Crippen molar-refractivity contribution in [3.05, 3.63) is 96.9 Å². The molecule has 1 aliphatic rings. The Balaban J connectivity index is 1.78. The van der Waals surface area contributed by atoms with Crippen LogP contribution < -0.4 is 9.62 Å². The van der Waals surface area contributed by atoms with Gasteiger partial charge in [-0.2, -0.15) is 0 Å². The first-order valence-corrected chi connectivity index (χ1v) is 17.3. The largest absolute Gasteiger partial charge is 0.352 e. The first kappa shape index (κ1) is 33.7. The topological polar surface area (TPSA) is 86.8 Å². The summed E-state index contributed by atoms with van der Waals surface area (Å²) < 4.78 is 26.9. The molecule has 3 aromatic rings. The second-order valence-corrected chi connectivity index (χ2v) is 14.4. The van der Waals surface area contributed by atoms with Crippen LogP contribution >= 0.6 is 58.0 Å². The summed E-state index contributed by atoms with van der Waals surface area (Å²) in [5, 5.41) is 3.99. The Kier molecular flexibility index (Phi) is 11.5. The second kappa shape index (κ2) is 14.7. The first-order valence-electron chi connectivity index (χ1n) is 13.5. The van der Waals surface area contributed by atoms with Crippen LogP contribution in [0.1, 0.15) is 36.8 Å². The maximum absolute atomic E-state index is 14.3. The zero-order valence-corrected chi connectivity index (χ0v) is 27.8. The SMILES string of the molecule is CS(=O)(=O)N(CC(=O)N(Cc1ccc(Cl)cc1Cl)[C@@H](Cc1ccccc1)C(=O)NC1CCCC1)c1cc(Cl)c(Cl)cc1Cl. The van der Waals surface area contributed by atoms with E-state index in [1.807, 2.05) is 30.3 Å². The third kappa shape index (κ3) is 8.93. The van der Waals surface area contributed by atoms with Crippen molar-refractivity contribution >= 4 is 85.5 Å². The van der Waals surface area contributed by atoms with Crippen molar-refractivity contribution in [1.29, 1.82) is 0 Å². The van der Waals surface area contributed by atoms with Crippen LogP contribution in [0.15, 0.2) is 60.7 Å². The summed E-state index contributed by atoms with van der Waals surface area (Å²) >= 11 is 31.3. The van der Waals surface area contributed by atoms with Crippen LogP contribution in [-0.2, 0) is 32.6 Å². The first-order chi connectivity index (χ1) is 20.3. The van der Waals surface area contributed by atoms with Crippen molar-refractivity contribution in [3.8, 4) is 0 Å². The maximum Gasteiger partial charge on any atom is 0.244 e. The summed E-state index contributed by atoms with van der Waals surface area (Å²) in [5.74, 6) is -0.992. The number of hydrogen-bond acceptors (Lipinski definition) is 4. The number of carbonyl (C=O) groups excluding carboxylic acids is 2. The zero-order chi connectivity index (χ0) is 31.3. The molecule has 0 bridgehead atoms. The van der Waals surface area contributed by atoms with Crippen molar-refractivity contribution in [2.24, 2.45) is 0 Å². The molecule has 0 radical (unpaired) electrons. The molecule has 1 N–H and O–H groups in total. The highest BCUT2D eigenvalue weighted by Gasteiger charge is 2.35. The van der Waals surface area contributed by atoms with Gasteiger partial charge in [-0.05, 0) is 48.2 Å². The molecule has 13 heteroatoms. The van der Waals surface area contributed by atoms with Crippen LogP contribution in [0.25, 0.3) is 0 Å². The quantitative estimate of drug-likeness (QED) is 0.211. The average molecular weight is 706 g/mol. The van der Waals surface area contributed by atoms with E-state index >= 15 is 0 Å². The summed E-state index contributed by atoms with van der Waals surface area (Å²) in [6.45, 7) is -0.749. The standard InChI is InChI=1S/C30H30Cl5N3O4S/c1-43(41,42)38(27-16-25(34)24(33)15-26(27)35)18-29(39)37(17-20-11-12-21(31)14-23(20)32)28(13-19-7-3-2-4-8-19)30(40)36-22-9-5-6-10-22/h2-4,7-8,11-12,14-16,22,28H,5-6,9-10,13,17-18H2,1H3,(H,36,40)/t28-/m0/s1. The Labute approximate surface area is 277 Å². The molecule has 0 aliphatic heterocycles. The van der Waals surface area contributed by atoms with Gasteiger partial charge in [0.05, 0.1) is 27.0 Å². The van der Waals surface area contributed by atoms with Crippen LogP contribution in [0.5, 0.6) is 0 Å². The van der Waals surface area contributed by atoms with Crippen molar-refractivity contribution in [2.75, 3.05) is 17.1 Å². The molecule has 43 heavy (non-hydrogen) atoms. The molecular formula is C30H30Cl5N3O4S. The lowest BCUT2D eigenvalue weighted by atomic mass is 10.0. The van der Waals surface area contributed by atoms with Crippen molar-refractivity contribution < 1.29 is 18.0 Å². The molecule has 2 amide bonds. The number of nitrogens with one attached hydrogen (secondary N) is 1. The molecule has 1 atom stereocenters. The summed E-state index contributed by atoms with van der Waals surface area (Å²) in [4.78, 5) is 29.5. The van der Waals surface area contributed by atoms with E-state index in [2.05, 4.69) is 5.32 Å². The van der Waals surface area contributed by atoms with E-state index in [4.69, 9.17) is 58.0 Å². The van der Waals surface area contributed by atoms with Gasteiger partial charge in [-0.3, -0.25) is 13.9 Å². The summed E-state index contributed by atoms with van der Waals surface area (Å²) in [7, 11) is -4.05. The van der Waals surface area contributed by atoms with Crippen LogP contribution in [0.2, 0.25) is 25.1 Å². The van der Waals surface area contributed by atoms with Gasteiger partial charge >= 0.3 is 0 Å². The summed E-state index contributed by atoms with van der Waals surface area (Å²) in [6.07, 6.45) is 4.84. The number of nitrogens with zero attached hydrogens (tertiary/aromatic N) is 2. The highest BCUT2D eigenvalue weighted by molar-refractivity contribution is 7.92. The Hall–Kier alpha value is -2.20. The third-order valence-corrected chi connectivity index (χ3v) is 10.0. The normalized spacial score (nSPS) is 14.4. The molecule has 0 aromatic heterocycles. The van der Waals surface area contributed by atoms with E-state index in [9.17, 15) is 18.0 Å². The fourth-order valence-electron chi connectivity index (χ4n) is 5.05. The van der Waals surface area contributed by atoms with Crippen LogP contribution in [-0.4, -0.2) is 50.0 Å². The van der Waals surface area contributed by atoms with E-state index in [-0.39, 0.29) is 45.7 Å². The van der Waals surface area contributed by atoms with E-state index in [0.29, 0.717) is 15.6 Å². The number of benzene rings is 3. The van der Waals surface area contributed by atoms with Gasteiger partial charge in [0.2, 0.25) is 21.8 Å². The monoisotopic (exact) mass is 703 g/mol. The fraction of sp³-hybridized carbons (Fsp3) is 0.333. The lowest BCUT2D eigenvalue weighted by Gasteiger charge is -2.34. The van der Waals surface area contributed by atoms with Gasteiger partial charge in [-0.25, -0.2) is 8.42 Å².